The van der Waals surface area contributed by atoms with Crippen LogP contribution < -0.4 is 25.3 Å². The van der Waals surface area contributed by atoms with Crippen LogP contribution in [-0.4, -0.2) is 30.3 Å². The van der Waals surface area contributed by atoms with Crippen molar-refractivity contribution in [3.63, 3.8) is 0 Å². The monoisotopic (exact) mass is 513 g/mol. The Hall–Kier alpha value is -4.06. The minimum absolute atomic E-state index is 0.121. The van der Waals surface area contributed by atoms with Crippen molar-refractivity contribution in [3.05, 3.63) is 70.3 Å². The molecule has 3 rings (SSSR count). The highest BCUT2D eigenvalue weighted by Crippen LogP contribution is 2.39. The number of rotatable bonds is 7. The van der Waals surface area contributed by atoms with Gasteiger partial charge in [0.15, 0.2) is 17.3 Å². The van der Waals surface area contributed by atoms with Gasteiger partial charge in [0.25, 0.3) is 11.8 Å². The number of nitrogens with one attached hydrogen (secondary N) is 1. The lowest BCUT2D eigenvalue weighted by molar-refractivity contribution is -0.274. The molecule has 1 aromatic heterocycles. The predicted octanol–water partition coefficient (Wildman–Crippen LogP) is 5.23. The van der Waals surface area contributed by atoms with Crippen molar-refractivity contribution in [1.29, 1.82) is 0 Å². The summed E-state index contributed by atoms with van der Waals surface area (Å²) >= 11 is 5.85. The lowest BCUT2D eigenvalue weighted by Gasteiger charge is -2.16. The van der Waals surface area contributed by atoms with Crippen LogP contribution in [0.3, 0.4) is 0 Å². The molecule has 2 aromatic carbocycles. The molecule has 0 atom stereocenters. The van der Waals surface area contributed by atoms with Crippen molar-refractivity contribution in [2.75, 3.05) is 12.4 Å². The molecule has 0 radical (unpaired) electrons. The van der Waals surface area contributed by atoms with E-state index >= 15 is 0 Å². The van der Waals surface area contributed by atoms with Crippen LogP contribution >= 0.6 is 11.6 Å². The lowest BCUT2D eigenvalue weighted by Crippen LogP contribution is -2.18. The number of aromatic nitrogens is 1. The van der Waals surface area contributed by atoms with Crippen LogP contribution in [-0.2, 0) is 0 Å². The normalized spacial score (nSPS) is 11.1. The van der Waals surface area contributed by atoms with E-state index in [1.165, 1.54) is 18.3 Å². The molecule has 0 aliphatic carbocycles. The third-order valence-electron chi connectivity index (χ3n) is 4.48. The number of anilines is 1. The Kier molecular flexibility index (Phi) is 7.34. The number of ether oxygens (including phenoxy) is 3. The predicted molar refractivity (Wildman–Crippen MR) is 117 cm³/mol. The first-order valence-electron chi connectivity index (χ1n) is 9.57. The molecule has 35 heavy (non-hydrogen) atoms. The maximum Gasteiger partial charge on any atom is 0.573 e. The van der Waals surface area contributed by atoms with E-state index in [0.717, 1.165) is 31.4 Å². The molecule has 0 aliphatic rings. The number of amides is 2. The van der Waals surface area contributed by atoms with Crippen LogP contribution in [0.1, 0.15) is 26.4 Å². The number of primary amides is 1. The molecular weight excluding hydrogens is 498 g/mol. The largest absolute Gasteiger partial charge is 0.573 e. The molecule has 13 heteroatoms. The Balaban J connectivity index is 1.98. The van der Waals surface area contributed by atoms with Crippen LogP contribution in [0.15, 0.2) is 42.6 Å². The quantitative estimate of drug-likeness (QED) is 0.418. The van der Waals surface area contributed by atoms with Gasteiger partial charge in [0.2, 0.25) is 0 Å². The Labute approximate surface area is 200 Å². The maximum atomic E-state index is 14.9. The summed E-state index contributed by atoms with van der Waals surface area (Å²) in [5, 5.41) is 2.04. The highest BCUT2D eigenvalue weighted by Gasteiger charge is 2.31. The summed E-state index contributed by atoms with van der Waals surface area (Å²) in [5.41, 5.74) is 5.01. The number of aryl methyl sites for hydroxylation is 1. The Morgan fingerprint density at radius 2 is 1.77 bits per heavy atom. The number of halogens is 5. The zero-order valence-corrected chi connectivity index (χ0v) is 18.8. The second-order valence-corrected chi connectivity index (χ2v) is 7.31. The summed E-state index contributed by atoms with van der Waals surface area (Å²) in [6.07, 6.45) is -3.64. The third kappa shape index (κ3) is 6.09. The number of benzene rings is 2. The van der Waals surface area contributed by atoms with Crippen LogP contribution in [0, 0.1) is 12.7 Å². The zero-order valence-electron chi connectivity index (χ0n) is 18.0. The van der Waals surface area contributed by atoms with E-state index in [2.05, 4.69) is 15.0 Å². The molecule has 3 aromatic rings. The van der Waals surface area contributed by atoms with Gasteiger partial charge < -0.3 is 25.3 Å². The maximum absolute atomic E-state index is 14.9. The minimum Gasteiger partial charge on any atom is -0.493 e. The lowest BCUT2D eigenvalue weighted by atomic mass is 10.1. The van der Waals surface area contributed by atoms with Gasteiger partial charge in [0.1, 0.15) is 22.8 Å². The molecular formula is C22H16ClF4N3O5. The molecule has 8 nitrogen and oxygen atoms in total. The van der Waals surface area contributed by atoms with Crippen LogP contribution in [0.5, 0.6) is 23.0 Å². The molecule has 0 unspecified atom stereocenters. The van der Waals surface area contributed by atoms with Gasteiger partial charge in [-0.3, -0.25) is 14.6 Å². The summed E-state index contributed by atoms with van der Waals surface area (Å²) in [6.45, 7) is 1.58. The van der Waals surface area contributed by atoms with E-state index in [4.69, 9.17) is 26.8 Å². The number of nitrogens with two attached hydrogens (primary N) is 1. The molecule has 2 amide bonds. The summed E-state index contributed by atoms with van der Waals surface area (Å²) in [4.78, 5) is 28.2. The number of hydrogen-bond acceptors (Lipinski definition) is 6. The summed E-state index contributed by atoms with van der Waals surface area (Å²) in [5.74, 6) is -4.21. The summed E-state index contributed by atoms with van der Waals surface area (Å²) < 4.78 is 66.9. The van der Waals surface area contributed by atoms with Gasteiger partial charge in [-0.1, -0.05) is 11.6 Å². The fourth-order valence-corrected chi connectivity index (χ4v) is 3.01. The molecule has 0 saturated heterocycles. The SMILES string of the molecule is COc1cc(OC(F)(F)F)ccc1Oc1ccc(Cl)c(F)c1C(=O)Nc1cc(C(N)=O)ncc1C. The second-order valence-electron chi connectivity index (χ2n) is 6.90. The first-order chi connectivity index (χ1) is 16.4. The highest BCUT2D eigenvalue weighted by molar-refractivity contribution is 6.31. The third-order valence-corrected chi connectivity index (χ3v) is 4.77. The smallest absolute Gasteiger partial charge is 0.493 e. The number of alkyl halides is 3. The Morgan fingerprint density at radius 1 is 1.09 bits per heavy atom. The molecule has 3 N–H and O–H groups in total. The van der Waals surface area contributed by atoms with Crippen molar-refractivity contribution >= 4 is 29.1 Å². The van der Waals surface area contributed by atoms with Gasteiger partial charge in [-0.25, -0.2) is 4.39 Å². The fourth-order valence-electron chi connectivity index (χ4n) is 2.86. The van der Waals surface area contributed by atoms with Crippen LogP contribution in [0.4, 0.5) is 23.2 Å². The van der Waals surface area contributed by atoms with Crippen molar-refractivity contribution in [2.45, 2.75) is 13.3 Å². The number of nitrogens with zero attached hydrogens (tertiary/aromatic N) is 1. The van der Waals surface area contributed by atoms with Crippen molar-refractivity contribution in [1.82, 2.24) is 4.98 Å². The van der Waals surface area contributed by atoms with E-state index in [0.29, 0.717) is 5.56 Å². The molecule has 0 spiro atoms. The van der Waals surface area contributed by atoms with Crippen molar-refractivity contribution < 1.29 is 41.4 Å². The average Bonchev–Trinajstić information content (AvgIpc) is 2.77. The summed E-state index contributed by atoms with van der Waals surface area (Å²) in [7, 11) is 1.16. The van der Waals surface area contributed by atoms with Gasteiger partial charge in [-0.05, 0) is 42.8 Å². The van der Waals surface area contributed by atoms with E-state index in [-0.39, 0.29) is 28.6 Å². The summed E-state index contributed by atoms with van der Waals surface area (Å²) in [6, 6.07) is 6.46. The number of methoxy groups -OCH3 is 1. The van der Waals surface area contributed by atoms with Crippen molar-refractivity contribution in [2.24, 2.45) is 5.73 Å². The average molecular weight is 514 g/mol. The molecule has 0 bridgehead atoms. The fraction of sp³-hybridized carbons (Fsp3) is 0.136. The molecule has 0 fully saturated rings. The number of hydrogen-bond donors (Lipinski definition) is 2. The van der Waals surface area contributed by atoms with E-state index < -0.39 is 40.3 Å². The standard InChI is InChI=1S/C22H16ClF4N3O5/c1-10-9-29-14(20(28)31)8-13(10)30-21(32)18-16(6-4-12(23)19(18)24)34-15-5-3-11(7-17(15)33-2)35-22(25,26)27/h3-9H,1-2H3,(H2,28,31)(H,29,30,32). The first kappa shape index (κ1) is 25.6. The van der Waals surface area contributed by atoms with E-state index in [9.17, 15) is 27.2 Å². The van der Waals surface area contributed by atoms with Crippen LogP contribution in [0.25, 0.3) is 0 Å². The van der Waals surface area contributed by atoms with E-state index in [1.807, 2.05) is 0 Å². The van der Waals surface area contributed by atoms with Gasteiger partial charge in [-0.15, -0.1) is 13.2 Å². The number of pyridine rings is 1. The highest BCUT2D eigenvalue weighted by atomic mass is 35.5. The minimum atomic E-state index is -4.93. The van der Waals surface area contributed by atoms with Gasteiger partial charge in [-0.2, -0.15) is 0 Å². The first-order valence-corrected chi connectivity index (χ1v) is 9.95. The number of carbonyl (C=O) groups excluding carboxylic acids is 2. The second kappa shape index (κ2) is 10.1. The molecule has 184 valence electrons. The topological polar surface area (TPSA) is 113 Å². The Morgan fingerprint density at radius 3 is 2.40 bits per heavy atom. The van der Waals surface area contributed by atoms with Gasteiger partial charge in [0.05, 0.1) is 12.1 Å². The van der Waals surface area contributed by atoms with E-state index in [1.54, 1.807) is 6.92 Å². The van der Waals surface area contributed by atoms with Gasteiger partial charge >= 0.3 is 6.36 Å². The van der Waals surface area contributed by atoms with Gasteiger partial charge in [0, 0.05) is 18.0 Å². The Bertz CT molecular complexity index is 1300. The zero-order chi connectivity index (χ0) is 25.9. The van der Waals surface area contributed by atoms with Crippen LogP contribution in [0.2, 0.25) is 5.02 Å². The molecule has 0 aliphatic heterocycles. The number of carbonyl (C=O) groups is 2. The molecule has 0 saturated carbocycles. The van der Waals surface area contributed by atoms with Crippen molar-refractivity contribution in [3.8, 4) is 23.0 Å². The molecule has 1 heterocycles.